The molecule has 0 fully saturated rings. The minimum Gasteiger partial charge on any atom is -0.508 e. The smallest absolute Gasteiger partial charge is 0.159 e. The molecule has 0 spiro atoms. The number of rotatable bonds is 3. The van der Waals surface area contributed by atoms with E-state index in [2.05, 4.69) is 0 Å². The van der Waals surface area contributed by atoms with Gasteiger partial charge in [-0.1, -0.05) is 25.1 Å². The molecule has 4 nitrogen and oxygen atoms in total. The zero-order chi connectivity index (χ0) is 15.4. The summed E-state index contributed by atoms with van der Waals surface area (Å²) in [7, 11) is 1.60. The Morgan fingerprint density at radius 2 is 2.00 bits per heavy atom. The molecule has 1 aromatic carbocycles. The second-order valence-electron chi connectivity index (χ2n) is 5.01. The lowest BCUT2D eigenvalue weighted by atomic mass is 9.87. The molecule has 2 rings (SSSR count). The molecule has 2 N–H and O–H groups in total. The highest BCUT2D eigenvalue weighted by atomic mass is 16.5. The van der Waals surface area contributed by atoms with Crippen molar-refractivity contribution < 1.29 is 19.7 Å². The molecule has 0 saturated heterocycles. The van der Waals surface area contributed by atoms with Crippen molar-refractivity contribution in [1.82, 2.24) is 0 Å². The van der Waals surface area contributed by atoms with Gasteiger partial charge in [-0.25, -0.2) is 0 Å². The predicted octanol–water partition coefficient (Wildman–Crippen LogP) is 3.57. The highest BCUT2D eigenvalue weighted by Crippen LogP contribution is 2.29. The van der Waals surface area contributed by atoms with Gasteiger partial charge in [0, 0.05) is 18.1 Å². The van der Waals surface area contributed by atoms with Gasteiger partial charge in [-0.05, 0) is 29.7 Å². The second-order valence-corrected chi connectivity index (χ2v) is 5.01. The van der Waals surface area contributed by atoms with Gasteiger partial charge in [0.1, 0.15) is 17.3 Å². The Morgan fingerprint density at radius 1 is 1.33 bits per heavy atom. The third-order valence-corrected chi connectivity index (χ3v) is 3.40. The minimum absolute atomic E-state index is 0.0282. The molecule has 110 valence electrons. The van der Waals surface area contributed by atoms with E-state index < -0.39 is 0 Å². The van der Waals surface area contributed by atoms with Crippen LogP contribution in [0.3, 0.4) is 0 Å². The maximum atomic E-state index is 11.3. The first-order valence-electron chi connectivity index (χ1n) is 6.70. The van der Waals surface area contributed by atoms with E-state index in [1.54, 1.807) is 20.1 Å². The lowest BCUT2D eigenvalue weighted by Crippen LogP contribution is -2.16. The average Bonchev–Trinajstić information content (AvgIpc) is 2.44. The molecular weight excluding hydrogens is 268 g/mol. The highest BCUT2D eigenvalue weighted by molar-refractivity contribution is 5.92. The van der Waals surface area contributed by atoms with E-state index in [-0.39, 0.29) is 23.2 Å². The predicted molar refractivity (Wildman–Crippen MR) is 81.2 cm³/mol. The van der Waals surface area contributed by atoms with Crippen LogP contribution in [0.15, 0.2) is 53.5 Å². The van der Waals surface area contributed by atoms with Crippen LogP contribution in [0.5, 0.6) is 5.75 Å². The molecule has 0 aliphatic heterocycles. The highest BCUT2D eigenvalue weighted by Gasteiger charge is 2.24. The van der Waals surface area contributed by atoms with Crippen LogP contribution in [0.1, 0.15) is 18.9 Å². The number of methoxy groups -OCH3 is 1. The van der Waals surface area contributed by atoms with Crippen LogP contribution in [0.2, 0.25) is 0 Å². The van der Waals surface area contributed by atoms with Gasteiger partial charge in [-0.3, -0.25) is 4.79 Å². The van der Waals surface area contributed by atoms with E-state index in [1.807, 2.05) is 24.3 Å². The first kappa shape index (κ1) is 14.9. The van der Waals surface area contributed by atoms with E-state index in [9.17, 15) is 15.0 Å². The summed E-state index contributed by atoms with van der Waals surface area (Å²) in [5.74, 6) is 0.239. The zero-order valence-corrected chi connectivity index (χ0v) is 12.0. The second kappa shape index (κ2) is 6.31. The maximum absolute atomic E-state index is 11.3. The third-order valence-electron chi connectivity index (χ3n) is 3.40. The number of ether oxygens (including phenoxy) is 1. The van der Waals surface area contributed by atoms with E-state index >= 15 is 0 Å². The third kappa shape index (κ3) is 3.54. The van der Waals surface area contributed by atoms with E-state index in [0.717, 1.165) is 17.4 Å². The number of carbonyl (C=O) groups excluding carboxylic acids is 1. The number of hydrogen-bond donors (Lipinski definition) is 2. The Hall–Kier alpha value is -2.49. The summed E-state index contributed by atoms with van der Waals surface area (Å²) in [5.41, 5.74) is 1.30. The van der Waals surface area contributed by atoms with Crippen molar-refractivity contribution in [3.05, 3.63) is 59.1 Å². The van der Waals surface area contributed by atoms with Crippen molar-refractivity contribution in [2.75, 3.05) is 7.11 Å². The van der Waals surface area contributed by atoms with Gasteiger partial charge in [-0.2, -0.15) is 0 Å². The van der Waals surface area contributed by atoms with Crippen molar-refractivity contribution in [1.29, 1.82) is 0 Å². The molecule has 21 heavy (non-hydrogen) atoms. The van der Waals surface area contributed by atoms with Gasteiger partial charge in [0.25, 0.3) is 0 Å². The Balaban J connectivity index is 2.24. The van der Waals surface area contributed by atoms with Gasteiger partial charge in [-0.15, -0.1) is 0 Å². The van der Waals surface area contributed by atoms with Crippen molar-refractivity contribution in [3.63, 3.8) is 0 Å². The molecule has 1 aliphatic rings. The van der Waals surface area contributed by atoms with Crippen molar-refractivity contribution in [3.8, 4) is 5.75 Å². The largest absolute Gasteiger partial charge is 0.508 e. The standard InChI is InChI=1S/C17H18O4/c1-11-9-13(18)10-16(20)17(11)15(19)8-5-12-3-6-14(21-2)7-4-12/h3-8,10-11,19-20H,9H2,1-2H3/b8-5+,17-15?/t11-/m0/s1. The lowest BCUT2D eigenvalue weighted by Gasteiger charge is -2.19. The van der Waals surface area contributed by atoms with Gasteiger partial charge in [0.05, 0.1) is 7.11 Å². The van der Waals surface area contributed by atoms with Crippen LogP contribution in [-0.2, 0) is 4.79 Å². The monoisotopic (exact) mass is 286 g/mol. The molecule has 0 amide bonds. The number of hydrogen-bond acceptors (Lipinski definition) is 4. The molecule has 0 radical (unpaired) electrons. The number of aliphatic hydroxyl groups is 2. The van der Waals surface area contributed by atoms with Crippen molar-refractivity contribution in [2.45, 2.75) is 13.3 Å². The number of ketones is 1. The van der Waals surface area contributed by atoms with Crippen LogP contribution in [0.4, 0.5) is 0 Å². The van der Waals surface area contributed by atoms with Gasteiger partial charge in [0.15, 0.2) is 5.78 Å². The average molecular weight is 286 g/mol. The molecule has 0 bridgehead atoms. The van der Waals surface area contributed by atoms with Crippen LogP contribution >= 0.6 is 0 Å². The van der Waals surface area contributed by atoms with E-state index in [4.69, 9.17) is 4.74 Å². The molecule has 1 aliphatic carbocycles. The van der Waals surface area contributed by atoms with Crippen LogP contribution in [-0.4, -0.2) is 23.1 Å². The fourth-order valence-electron chi connectivity index (χ4n) is 2.31. The fraction of sp³-hybridized carbons (Fsp3) is 0.235. The Labute approximate surface area is 123 Å². The molecule has 0 unspecified atom stereocenters. The summed E-state index contributed by atoms with van der Waals surface area (Å²) in [6.45, 7) is 1.80. The van der Waals surface area contributed by atoms with E-state index in [1.165, 1.54) is 6.08 Å². The van der Waals surface area contributed by atoms with Crippen molar-refractivity contribution in [2.24, 2.45) is 5.92 Å². The fourth-order valence-corrected chi connectivity index (χ4v) is 2.31. The zero-order valence-electron chi connectivity index (χ0n) is 12.0. The summed E-state index contributed by atoms with van der Waals surface area (Å²) in [4.78, 5) is 11.3. The summed E-state index contributed by atoms with van der Waals surface area (Å²) in [5, 5.41) is 19.9. The Morgan fingerprint density at radius 3 is 2.57 bits per heavy atom. The summed E-state index contributed by atoms with van der Waals surface area (Å²) < 4.78 is 5.07. The number of allylic oxidation sites excluding steroid dienone is 3. The normalized spacial score (nSPS) is 21.3. The molecule has 1 aromatic rings. The topological polar surface area (TPSA) is 66.8 Å². The van der Waals surface area contributed by atoms with Gasteiger partial charge < -0.3 is 14.9 Å². The van der Waals surface area contributed by atoms with Gasteiger partial charge in [0.2, 0.25) is 0 Å². The Bertz CT molecular complexity index is 621. The molecule has 1 atom stereocenters. The lowest BCUT2D eigenvalue weighted by molar-refractivity contribution is -0.115. The quantitative estimate of drug-likeness (QED) is 0.834. The van der Waals surface area contributed by atoms with Crippen LogP contribution < -0.4 is 4.74 Å². The summed E-state index contributed by atoms with van der Waals surface area (Å²) in [6.07, 6.45) is 4.71. The first-order chi connectivity index (χ1) is 10.0. The summed E-state index contributed by atoms with van der Waals surface area (Å²) in [6, 6.07) is 7.36. The molecule has 0 saturated carbocycles. The minimum atomic E-state index is -0.206. The van der Waals surface area contributed by atoms with E-state index in [0.29, 0.717) is 12.0 Å². The number of aliphatic hydroxyl groups excluding tert-OH is 2. The number of carbonyl (C=O) groups is 1. The molecule has 0 heterocycles. The maximum Gasteiger partial charge on any atom is 0.159 e. The van der Waals surface area contributed by atoms with Crippen molar-refractivity contribution >= 4 is 11.9 Å². The van der Waals surface area contributed by atoms with Crippen LogP contribution in [0, 0.1) is 5.92 Å². The Kier molecular flexibility index (Phi) is 4.48. The number of benzene rings is 1. The summed E-state index contributed by atoms with van der Waals surface area (Å²) >= 11 is 0. The van der Waals surface area contributed by atoms with Crippen LogP contribution in [0.25, 0.3) is 6.08 Å². The molecular formula is C17H18O4. The first-order valence-corrected chi connectivity index (χ1v) is 6.70. The van der Waals surface area contributed by atoms with Gasteiger partial charge >= 0.3 is 0 Å². The SMILES string of the molecule is COc1ccc(/C=C/C(O)=C2C(O)=CC(=O)C[C@@H]2C)cc1. The molecule has 0 aromatic heterocycles. The molecule has 4 heteroatoms.